The van der Waals surface area contributed by atoms with Crippen LogP contribution in [0.1, 0.15) is 21.5 Å². The summed E-state index contributed by atoms with van der Waals surface area (Å²) in [7, 11) is 0. The molecule has 0 N–H and O–H groups in total. The van der Waals surface area contributed by atoms with Crippen LogP contribution in [-0.2, 0) is 13.0 Å². The summed E-state index contributed by atoms with van der Waals surface area (Å²) in [4.78, 5) is 14.7. The number of amides is 1. The minimum Gasteiger partial charge on any atom is -0.493 e. The van der Waals surface area contributed by atoms with Crippen LogP contribution in [0.2, 0.25) is 0 Å². The molecule has 5 rings (SSSR count). The van der Waals surface area contributed by atoms with Crippen LogP contribution in [-0.4, -0.2) is 40.3 Å². The van der Waals surface area contributed by atoms with Gasteiger partial charge in [0.05, 0.1) is 24.9 Å². The second kappa shape index (κ2) is 6.27. The van der Waals surface area contributed by atoms with E-state index in [4.69, 9.17) is 4.74 Å². The minimum atomic E-state index is 0.0544. The number of nitrogens with zero attached hydrogens (tertiary/aromatic N) is 3. The molecule has 0 atom stereocenters. The molecule has 2 aliphatic rings. The Morgan fingerprint density at radius 1 is 1.07 bits per heavy atom. The summed E-state index contributed by atoms with van der Waals surface area (Å²) in [6.45, 7) is 2.83. The van der Waals surface area contributed by atoms with Gasteiger partial charge in [0.1, 0.15) is 5.75 Å². The van der Waals surface area contributed by atoms with Crippen molar-refractivity contribution in [2.24, 2.45) is 5.41 Å². The van der Waals surface area contributed by atoms with Gasteiger partial charge in [0.15, 0.2) is 0 Å². The van der Waals surface area contributed by atoms with Gasteiger partial charge in [-0.1, -0.05) is 48.5 Å². The predicted octanol–water partition coefficient (Wildman–Crippen LogP) is 3.01. The second-order valence-electron chi connectivity index (χ2n) is 7.65. The van der Waals surface area contributed by atoms with Crippen molar-refractivity contribution in [3.05, 3.63) is 83.7 Å². The molecule has 27 heavy (non-hydrogen) atoms. The third-order valence-corrected chi connectivity index (χ3v) is 5.48. The first-order chi connectivity index (χ1) is 13.2. The lowest BCUT2D eigenvalue weighted by molar-refractivity contribution is -0.0290. The summed E-state index contributed by atoms with van der Waals surface area (Å²) in [5.74, 6) is 1.04. The first-order valence-electron chi connectivity index (χ1n) is 9.27. The van der Waals surface area contributed by atoms with E-state index in [0.29, 0.717) is 18.7 Å². The molecule has 2 aromatic carbocycles. The van der Waals surface area contributed by atoms with Gasteiger partial charge in [-0.3, -0.25) is 9.48 Å². The first kappa shape index (κ1) is 16.1. The second-order valence-corrected chi connectivity index (χ2v) is 7.65. The lowest BCUT2D eigenvalue weighted by atomic mass is 9.74. The van der Waals surface area contributed by atoms with Gasteiger partial charge in [0, 0.05) is 24.7 Å². The van der Waals surface area contributed by atoms with E-state index in [1.807, 2.05) is 52.2 Å². The van der Waals surface area contributed by atoms with Crippen LogP contribution in [0.4, 0.5) is 0 Å². The van der Waals surface area contributed by atoms with Gasteiger partial charge < -0.3 is 9.64 Å². The summed E-state index contributed by atoms with van der Waals surface area (Å²) in [6, 6.07) is 18.3. The highest BCUT2D eigenvalue weighted by Crippen LogP contribution is 2.41. The molecule has 0 bridgehead atoms. The molecule has 1 spiro atoms. The van der Waals surface area contributed by atoms with Crippen LogP contribution in [0, 0.1) is 5.41 Å². The quantitative estimate of drug-likeness (QED) is 0.722. The smallest absolute Gasteiger partial charge is 0.257 e. The largest absolute Gasteiger partial charge is 0.493 e. The Labute approximate surface area is 158 Å². The van der Waals surface area contributed by atoms with Gasteiger partial charge in [-0.2, -0.15) is 5.10 Å². The number of carbonyl (C=O) groups is 1. The average molecular weight is 359 g/mol. The van der Waals surface area contributed by atoms with E-state index in [9.17, 15) is 4.79 Å². The zero-order valence-electron chi connectivity index (χ0n) is 15.0. The molecule has 1 amide bonds. The van der Waals surface area contributed by atoms with Crippen molar-refractivity contribution in [1.82, 2.24) is 14.7 Å². The Balaban J connectivity index is 1.24. The number of hydrogen-bond acceptors (Lipinski definition) is 3. The van der Waals surface area contributed by atoms with E-state index in [1.54, 1.807) is 6.20 Å². The number of carbonyl (C=O) groups excluding carboxylic acids is 1. The van der Waals surface area contributed by atoms with E-state index in [2.05, 4.69) is 23.3 Å². The third-order valence-electron chi connectivity index (χ3n) is 5.48. The molecule has 1 saturated heterocycles. The average Bonchev–Trinajstić information content (AvgIpc) is 3.14. The van der Waals surface area contributed by atoms with Gasteiger partial charge in [-0.25, -0.2) is 0 Å². The molecule has 0 unspecified atom stereocenters. The van der Waals surface area contributed by atoms with E-state index in [-0.39, 0.29) is 11.3 Å². The van der Waals surface area contributed by atoms with Crippen molar-refractivity contribution in [1.29, 1.82) is 0 Å². The molecule has 0 aliphatic carbocycles. The molecular weight excluding hydrogens is 338 g/mol. The molecule has 5 nitrogen and oxygen atoms in total. The van der Waals surface area contributed by atoms with Crippen molar-refractivity contribution in [3.63, 3.8) is 0 Å². The number of para-hydroxylation sites is 1. The topological polar surface area (TPSA) is 47.4 Å². The van der Waals surface area contributed by atoms with Crippen molar-refractivity contribution in [3.8, 4) is 5.75 Å². The van der Waals surface area contributed by atoms with Gasteiger partial charge in [-0.15, -0.1) is 0 Å². The summed E-state index contributed by atoms with van der Waals surface area (Å²) in [6.07, 6.45) is 4.48. The molecule has 0 saturated carbocycles. The molecular formula is C22H21N3O2. The van der Waals surface area contributed by atoms with Crippen LogP contribution in [0.3, 0.4) is 0 Å². The van der Waals surface area contributed by atoms with Crippen LogP contribution < -0.4 is 4.74 Å². The Morgan fingerprint density at radius 2 is 1.85 bits per heavy atom. The van der Waals surface area contributed by atoms with E-state index in [1.165, 1.54) is 11.1 Å². The Bertz CT molecular complexity index is 974. The number of fused-ring (bicyclic) bond motifs is 1. The Kier molecular flexibility index (Phi) is 3.74. The zero-order valence-corrected chi connectivity index (χ0v) is 15.0. The summed E-state index contributed by atoms with van der Waals surface area (Å²) in [5.41, 5.74) is 3.12. The highest BCUT2D eigenvalue weighted by molar-refractivity contribution is 5.94. The summed E-state index contributed by atoms with van der Waals surface area (Å²) >= 11 is 0. The minimum absolute atomic E-state index is 0.0544. The van der Waals surface area contributed by atoms with Gasteiger partial charge in [0.2, 0.25) is 0 Å². The van der Waals surface area contributed by atoms with Crippen molar-refractivity contribution >= 4 is 5.91 Å². The number of rotatable bonds is 3. The number of aromatic nitrogens is 2. The number of hydrogen-bond donors (Lipinski definition) is 0. The third kappa shape index (κ3) is 2.99. The highest BCUT2D eigenvalue weighted by atomic mass is 16.5. The Morgan fingerprint density at radius 3 is 2.70 bits per heavy atom. The number of ether oxygens (including phenoxy) is 1. The van der Waals surface area contributed by atoms with Gasteiger partial charge in [0.25, 0.3) is 5.91 Å². The summed E-state index contributed by atoms with van der Waals surface area (Å²) in [5, 5.41) is 4.35. The standard InChI is InChI=1S/C22H21N3O2/c26-21(19-11-23-25(13-19)12-17-6-2-1-3-7-17)24-14-22(15-24)10-18-8-4-5-9-20(18)27-16-22/h1-9,11,13H,10,12,14-16H2. The first-order valence-corrected chi connectivity index (χ1v) is 9.27. The van der Waals surface area contributed by atoms with Gasteiger partial charge >= 0.3 is 0 Å². The molecule has 2 aliphatic heterocycles. The summed E-state index contributed by atoms with van der Waals surface area (Å²) < 4.78 is 7.75. The van der Waals surface area contributed by atoms with Gasteiger partial charge in [-0.05, 0) is 23.6 Å². The van der Waals surface area contributed by atoms with Crippen molar-refractivity contribution in [2.45, 2.75) is 13.0 Å². The van der Waals surface area contributed by atoms with Crippen LogP contribution in [0.15, 0.2) is 67.0 Å². The van der Waals surface area contributed by atoms with Crippen molar-refractivity contribution in [2.75, 3.05) is 19.7 Å². The maximum atomic E-state index is 12.8. The fourth-order valence-corrected chi connectivity index (χ4v) is 4.10. The SMILES string of the molecule is O=C(c1cnn(Cc2ccccc2)c1)N1CC2(COc3ccccc3C2)C1. The highest BCUT2D eigenvalue weighted by Gasteiger charge is 2.48. The zero-order chi connectivity index (χ0) is 18.3. The molecule has 0 radical (unpaired) electrons. The van der Waals surface area contributed by atoms with E-state index in [0.717, 1.165) is 25.3 Å². The molecule has 1 fully saturated rings. The van der Waals surface area contributed by atoms with Crippen LogP contribution in [0.25, 0.3) is 0 Å². The lowest BCUT2D eigenvalue weighted by Crippen LogP contribution is -2.62. The molecule has 3 heterocycles. The fourth-order valence-electron chi connectivity index (χ4n) is 4.10. The van der Waals surface area contributed by atoms with Crippen LogP contribution >= 0.6 is 0 Å². The molecule has 3 aromatic rings. The number of benzene rings is 2. The maximum absolute atomic E-state index is 12.8. The fraction of sp³-hybridized carbons (Fsp3) is 0.273. The number of likely N-dealkylation sites (tertiary alicyclic amines) is 1. The van der Waals surface area contributed by atoms with E-state index >= 15 is 0 Å². The van der Waals surface area contributed by atoms with Crippen molar-refractivity contribution < 1.29 is 9.53 Å². The lowest BCUT2D eigenvalue weighted by Gasteiger charge is -2.51. The van der Waals surface area contributed by atoms with Crippen LogP contribution in [0.5, 0.6) is 5.75 Å². The predicted molar refractivity (Wildman–Crippen MR) is 102 cm³/mol. The Hall–Kier alpha value is -3.08. The normalized spacial score (nSPS) is 17.1. The molecule has 136 valence electrons. The van der Waals surface area contributed by atoms with E-state index < -0.39 is 0 Å². The monoisotopic (exact) mass is 359 g/mol. The maximum Gasteiger partial charge on any atom is 0.257 e. The molecule has 5 heteroatoms. The molecule has 1 aromatic heterocycles.